The van der Waals surface area contributed by atoms with Crippen molar-refractivity contribution in [3.63, 3.8) is 0 Å². The number of aromatic nitrogens is 2. The van der Waals surface area contributed by atoms with Crippen LogP contribution in [0, 0.1) is 6.92 Å². The van der Waals surface area contributed by atoms with Gasteiger partial charge in [0.05, 0.1) is 5.69 Å². The first-order chi connectivity index (χ1) is 7.31. The molecule has 84 valence electrons. The van der Waals surface area contributed by atoms with Crippen molar-refractivity contribution < 1.29 is 0 Å². The molecule has 1 fully saturated rings. The molecular formula is C12H21N3. The summed E-state index contributed by atoms with van der Waals surface area (Å²) in [6, 6.07) is 0. The van der Waals surface area contributed by atoms with Crippen molar-refractivity contribution in [3.8, 4) is 0 Å². The molecular weight excluding hydrogens is 186 g/mol. The highest BCUT2D eigenvalue weighted by molar-refractivity contribution is 5.18. The highest BCUT2D eigenvalue weighted by Gasteiger charge is 2.21. The van der Waals surface area contributed by atoms with Crippen molar-refractivity contribution in [1.29, 1.82) is 0 Å². The van der Waals surface area contributed by atoms with E-state index < -0.39 is 0 Å². The van der Waals surface area contributed by atoms with E-state index in [9.17, 15) is 0 Å². The molecule has 0 aromatic carbocycles. The standard InChI is InChI=1S/C12H21N3/c1-9-12(10-5-2-3-6-10)15-11(14-9)7-4-8-13/h10H,2-8,13H2,1H3,(H,14,15). The lowest BCUT2D eigenvalue weighted by molar-refractivity contribution is 0.692. The van der Waals surface area contributed by atoms with Crippen molar-refractivity contribution in [2.24, 2.45) is 5.73 Å². The van der Waals surface area contributed by atoms with Crippen LogP contribution in [0.2, 0.25) is 0 Å². The fourth-order valence-electron chi connectivity index (χ4n) is 2.52. The SMILES string of the molecule is Cc1[nH]c(CCCN)nc1C1CCCC1. The van der Waals surface area contributed by atoms with E-state index in [2.05, 4.69) is 11.9 Å². The molecule has 0 spiro atoms. The second-order valence-corrected chi connectivity index (χ2v) is 4.57. The van der Waals surface area contributed by atoms with Crippen LogP contribution in [0.1, 0.15) is 55.2 Å². The molecule has 3 nitrogen and oxygen atoms in total. The number of rotatable bonds is 4. The van der Waals surface area contributed by atoms with Gasteiger partial charge in [0.1, 0.15) is 5.82 Å². The van der Waals surface area contributed by atoms with Gasteiger partial charge < -0.3 is 10.7 Å². The predicted octanol–water partition coefficient (Wildman–Crippen LogP) is 2.27. The van der Waals surface area contributed by atoms with Crippen LogP contribution >= 0.6 is 0 Å². The summed E-state index contributed by atoms with van der Waals surface area (Å²) < 4.78 is 0. The van der Waals surface area contributed by atoms with Crippen LogP contribution in [0.5, 0.6) is 0 Å². The lowest BCUT2D eigenvalue weighted by Crippen LogP contribution is -2.01. The first-order valence-electron chi connectivity index (χ1n) is 6.06. The number of nitrogens with two attached hydrogens (primary N) is 1. The van der Waals surface area contributed by atoms with Crippen molar-refractivity contribution in [1.82, 2.24) is 9.97 Å². The van der Waals surface area contributed by atoms with E-state index in [-0.39, 0.29) is 0 Å². The maximum Gasteiger partial charge on any atom is 0.106 e. The molecule has 15 heavy (non-hydrogen) atoms. The van der Waals surface area contributed by atoms with Crippen molar-refractivity contribution in [3.05, 3.63) is 17.2 Å². The molecule has 1 saturated carbocycles. The summed E-state index contributed by atoms with van der Waals surface area (Å²) in [6.07, 6.45) is 7.40. The monoisotopic (exact) mass is 207 g/mol. The first-order valence-corrected chi connectivity index (χ1v) is 6.06. The van der Waals surface area contributed by atoms with E-state index in [1.54, 1.807) is 0 Å². The summed E-state index contributed by atoms with van der Waals surface area (Å²) in [5.41, 5.74) is 8.09. The number of hydrogen-bond donors (Lipinski definition) is 2. The highest BCUT2D eigenvalue weighted by atomic mass is 14.9. The third kappa shape index (κ3) is 2.40. The molecule has 3 N–H and O–H groups in total. The summed E-state index contributed by atoms with van der Waals surface area (Å²) in [5.74, 6) is 1.84. The Balaban J connectivity index is 2.06. The Kier molecular flexibility index (Phi) is 3.41. The van der Waals surface area contributed by atoms with Gasteiger partial charge in [0, 0.05) is 18.0 Å². The third-order valence-corrected chi connectivity index (χ3v) is 3.33. The van der Waals surface area contributed by atoms with Gasteiger partial charge in [-0.2, -0.15) is 0 Å². The quantitative estimate of drug-likeness (QED) is 0.795. The molecule has 0 radical (unpaired) electrons. The van der Waals surface area contributed by atoms with Crippen molar-refractivity contribution in [2.45, 2.75) is 51.4 Å². The molecule has 1 aliphatic rings. The molecule has 1 heterocycles. The number of nitrogens with one attached hydrogen (secondary N) is 1. The van der Waals surface area contributed by atoms with Crippen LogP contribution in [-0.2, 0) is 6.42 Å². The molecule has 3 heteroatoms. The molecule has 0 aliphatic heterocycles. The predicted molar refractivity (Wildman–Crippen MR) is 61.9 cm³/mol. The fraction of sp³-hybridized carbons (Fsp3) is 0.750. The Morgan fingerprint density at radius 1 is 1.40 bits per heavy atom. The van der Waals surface area contributed by atoms with Crippen LogP contribution in [0.4, 0.5) is 0 Å². The first kappa shape index (κ1) is 10.7. The second kappa shape index (κ2) is 4.79. The maximum absolute atomic E-state index is 5.50. The van der Waals surface area contributed by atoms with E-state index >= 15 is 0 Å². The zero-order valence-corrected chi connectivity index (χ0v) is 9.55. The van der Waals surface area contributed by atoms with Gasteiger partial charge in [-0.3, -0.25) is 0 Å². The van der Waals surface area contributed by atoms with Gasteiger partial charge in [0.2, 0.25) is 0 Å². The number of nitrogens with zero attached hydrogens (tertiary/aromatic N) is 1. The molecule has 2 rings (SSSR count). The van der Waals surface area contributed by atoms with Crippen molar-refractivity contribution >= 4 is 0 Å². The van der Waals surface area contributed by atoms with E-state index in [0.29, 0.717) is 5.92 Å². The van der Waals surface area contributed by atoms with Gasteiger partial charge in [0.15, 0.2) is 0 Å². The summed E-state index contributed by atoms with van der Waals surface area (Å²) in [4.78, 5) is 8.11. The van der Waals surface area contributed by atoms with Gasteiger partial charge in [-0.05, 0) is 32.7 Å². The van der Waals surface area contributed by atoms with Crippen LogP contribution in [0.3, 0.4) is 0 Å². The van der Waals surface area contributed by atoms with Gasteiger partial charge in [-0.15, -0.1) is 0 Å². The molecule has 0 saturated heterocycles. The van der Waals surface area contributed by atoms with E-state index in [0.717, 1.165) is 25.2 Å². The minimum Gasteiger partial charge on any atom is -0.346 e. The highest BCUT2D eigenvalue weighted by Crippen LogP contribution is 2.34. The van der Waals surface area contributed by atoms with Crippen LogP contribution < -0.4 is 5.73 Å². The van der Waals surface area contributed by atoms with Gasteiger partial charge in [-0.25, -0.2) is 4.98 Å². The van der Waals surface area contributed by atoms with Crippen LogP contribution in [0.25, 0.3) is 0 Å². The van der Waals surface area contributed by atoms with Gasteiger partial charge in [0.25, 0.3) is 0 Å². The smallest absolute Gasteiger partial charge is 0.106 e. The lowest BCUT2D eigenvalue weighted by Gasteiger charge is -2.05. The zero-order chi connectivity index (χ0) is 10.7. The Morgan fingerprint density at radius 3 is 2.80 bits per heavy atom. The number of aromatic amines is 1. The summed E-state index contributed by atoms with van der Waals surface area (Å²) in [6.45, 7) is 2.89. The van der Waals surface area contributed by atoms with Crippen LogP contribution in [0.15, 0.2) is 0 Å². The summed E-state index contributed by atoms with van der Waals surface area (Å²) >= 11 is 0. The zero-order valence-electron chi connectivity index (χ0n) is 9.55. The fourth-order valence-corrected chi connectivity index (χ4v) is 2.52. The van der Waals surface area contributed by atoms with Gasteiger partial charge >= 0.3 is 0 Å². The average Bonchev–Trinajstić information content (AvgIpc) is 2.83. The average molecular weight is 207 g/mol. The Morgan fingerprint density at radius 2 is 2.13 bits per heavy atom. The molecule has 0 atom stereocenters. The Labute approximate surface area is 91.5 Å². The van der Waals surface area contributed by atoms with Crippen molar-refractivity contribution in [2.75, 3.05) is 6.54 Å². The summed E-state index contributed by atoms with van der Waals surface area (Å²) in [5, 5.41) is 0. The molecule has 0 bridgehead atoms. The van der Waals surface area contributed by atoms with E-state index in [4.69, 9.17) is 10.7 Å². The summed E-state index contributed by atoms with van der Waals surface area (Å²) in [7, 11) is 0. The third-order valence-electron chi connectivity index (χ3n) is 3.33. The topological polar surface area (TPSA) is 54.7 Å². The Bertz CT molecular complexity index is 311. The maximum atomic E-state index is 5.50. The minimum atomic E-state index is 0.716. The van der Waals surface area contributed by atoms with Gasteiger partial charge in [-0.1, -0.05) is 12.8 Å². The molecule has 0 unspecified atom stereocenters. The molecule has 1 aliphatic carbocycles. The number of hydrogen-bond acceptors (Lipinski definition) is 2. The number of H-pyrrole nitrogens is 1. The number of aryl methyl sites for hydroxylation is 2. The second-order valence-electron chi connectivity index (χ2n) is 4.57. The molecule has 1 aromatic heterocycles. The normalized spacial score (nSPS) is 17.5. The minimum absolute atomic E-state index is 0.716. The van der Waals surface area contributed by atoms with Crippen LogP contribution in [-0.4, -0.2) is 16.5 Å². The largest absolute Gasteiger partial charge is 0.346 e. The Hall–Kier alpha value is -0.830. The van der Waals surface area contributed by atoms with E-state index in [1.807, 2.05) is 0 Å². The van der Waals surface area contributed by atoms with E-state index in [1.165, 1.54) is 37.1 Å². The number of imidazole rings is 1. The molecule has 0 amide bonds. The lowest BCUT2D eigenvalue weighted by atomic mass is 10.0. The molecule has 1 aromatic rings.